The predicted molar refractivity (Wildman–Crippen MR) is 67.8 cm³/mol. The first kappa shape index (κ1) is 13.5. The zero-order chi connectivity index (χ0) is 12.8. The van der Waals surface area contributed by atoms with Gasteiger partial charge in [-0.25, -0.2) is 0 Å². The summed E-state index contributed by atoms with van der Waals surface area (Å²) in [5, 5.41) is 3.32. The highest BCUT2D eigenvalue weighted by Crippen LogP contribution is 2.17. The Morgan fingerprint density at radius 2 is 1.94 bits per heavy atom. The van der Waals surface area contributed by atoms with E-state index in [-0.39, 0.29) is 18.0 Å². The van der Waals surface area contributed by atoms with Crippen molar-refractivity contribution in [2.45, 2.75) is 32.4 Å². The quantitative estimate of drug-likeness (QED) is 0.788. The third kappa shape index (κ3) is 4.44. The third-order valence-corrected chi connectivity index (χ3v) is 2.66. The number of rotatable bonds is 6. The van der Waals surface area contributed by atoms with Crippen LogP contribution >= 0.6 is 0 Å². The second-order valence-corrected chi connectivity index (χ2v) is 4.23. The summed E-state index contributed by atoms with van der Waals surface area (Å²) in [6, 6.07) is 8.11. The van der Waals surface area contributed by atoms with E-state index in [0.29, 0.717) is 6.42 Å². The highest BCUT2D eigenvalue weighted by molar-refractivity contribution is 5.74. The topological polar surface area (TPSA) is 64.3 Å². The maximum Gasteiger partial charge on any atom is 0.218 e. The van der Waals surface area contributed by atoms with Crippen LogP contribution < -0.4 is 15.8 Å². The third-order valence-electron chi connectivity index (χ3n) is 2.66. The van der Waals surface area contributed by atoms with Crippen molar-refractivity contribution in [1.82, 2.24) is 5.32 Å². The molecule has 2 unspecified atom stereocenters. The number of carbonyl (C=O) groups is 1. The summed E-state index contributed by atoms with van der Waals surface area (Å²) in [6.07, 6.45) is 0.348. The number of hydrogen-bond acceptors (Lipinski definition) is 3. The van der Waals surface area contributed by atoms with Crippen LogP contribution in [0.15, 0.2) is 24.3 Å². The standard InChI is InChI=1S/C13H20N2O2/c1-9(8-13(14)16)15-10(2)11-4-6-12(17-3)7-5-11/h4-7,9-10,15H,8H2,1-3H3,(H2,14,16). The normalized spacial score (nSPS) is 14.1. The molecule has 0 aromatic heterocycles. The number of ether oxygens (including phenoxy) is 1. The summed E-state index contributed by atoms with van der Waals surface area (Å²) in [5.41, 5.74) is 6.30. The van der Waals surface area contributed by atoms with Gasteiger partial charge in [-0.15, -0.1) is 0 Å². The first-order valence-corrected chi connectivity index (χ1v) is 5.71. The monoisotopic (exact) mass is 236 g/mol. The van der Waals surface area contributed by atoms with Crippen LogP contribution in [0.5, 0.6) is 5.75 Å². The molecule has 1 aromatic rings. The minimum absolute atomic E-state index is 0.0737. The van der Waals surface area contributed by atoms with E-state index in [0.717, 1.165) is 11.3 Å². The molecule has 17 heavy (non-hydrogen) atoms. The van der Waals surface area contributed by atoms with Crippen LogP contribution in [0, 0.1) is 0 Å². The molecule has 0 saturated carbocycles. The summed E-state index contributed by atoms with van der Waals surface area (Å²) in [4.78, 5) is 10.8. The molecule has 0 bridgehead atoms. The van der Waals surface area contributed by atoms with Crippen molar-refractivity contribution in [3.05, 3.63) is 29.8 Å². The van der Waals surface area contributed by atoms with Gasteiger partial charge in [0.25, 0.3) is 0 Å². The number of benzene rings is 1. The summed E-state index contributed by atoms with van der Waals surface area (Å²) in [7, 11) is 1.64. The molecule has 4 nitrogen and oxygen atoms in total. The van der Waals surface area contributed by atoms with Gasteiger partial charge in [-0.3, -0.25) is 4.79 Å². The zero-order valence-corrected chi connectivity index (χ0v) is 10.6. The molecule has 0 aliphatic rings. The molecule has 0 aliphatic heterocycles. The second-order valence-electron chi connectivity index (χ2n) is 4.23. The van der Waals surface area contributed by atoms with Crippen LogP contribution in [0.2, 0.25) is 0 Å². The van der Waals surface area contributed by atoms with E-state index >= 15 is 0 Å². The highest BCUT2D eigenvalue weighted by Gasteiger charge is 2.11. The summed E-state index contributed by atoms with van der Waals surface area (Å²) < 4.78 is 5.10. The Bertz CT molecular complexity index is 362. The van der Waals surface area contributed by atoms with E-state index in [9.17, 15) is 4.79 Å². The molecule has 3 N–H and O–H groups in total. The SMILES string of the molecule is COc1ccc(C(C)NC(C)CC(N)=O)cc1. The van der Waals surface area contributed by atoms with E-state index < -0.39 is 0 Å². The average molecular weight is 236 g/mol. The number of carbonyl (C=O) groups excluding carboxylic acids is 1. The van der Waals surface area contributed by atoms with Gasteiger partial charge in [-0.2, -0.15) is 0 Å². The fourth-order valence-electron chi connectivity index (χ4n) is 1.78. The van der Waals surface area contributed by atoms with Gasteiger partial charge in [0.2, 0.25) is 5.91 Å². The van der Waals surface area contributed by atoms with Crippen molar-refractivity contribution < 1.29 is 9.53 Å². The number of nitrogens with two attached hydrogens (primary N) is 1. The van der Waals surface area contributed by atoms with Crippen molar-refractivity contribution in [1.29, 1.82) is 0 Å². The van der Waals surface area contributed by atoms with E-state index in [1.165, 1.54) is 0 Å². The van der Waals surface area contributed by atoms with Crippen LogP contribution in [0.1, 0.15) is 31.9 Å². The summed E-state index contributed by atoms with van der Waals surface area (Å²) in [5.74, 6) is 0.554. The number of nitrogens with one attached hydrogen (secondary N) is 1. The predicted octanol–water partition coefficient (Wildman–Crippen LogP) is 1.61. The Hall–Kier alpha value is -1.55. The maximum absolute atomic E-state index is 10.8. The lowest BCUT2D eigenvalue weighted by atomic mass is 10.1. The number of primary amides is 1. The van der Waals surface area contributed by atoms with Gasteiger partial charge in [-0.05, 0) is 31.5 Å². The largest absolute Gasteiger partial charge is 0.497 e. The lowest BCUT2D eigenvalue weighted by Gasteiger charge is -2.19. The molecular weight excluding hydrogens is 216 g/mol. The molecule has 0 aliphatic carbocycles. The second kappa shape index (κ2) is 6.25. The molecule has 2 atom stereocenters. The Morgan fingerprint density at radius 1 is 1.35 bits per heavy atom. The van der Waals surface area contributed by atoms with Crippen LogP contribution in [-0.4, -0.2) is 19.1 Å². The summed E-state index contributed by atoms with van der Waals surface area (Å²) >= 11 is 0. The Labute approximate surface area is 102 Å². The molecule has 0 saturated heterocycles. The van der Waals surface area contributed by atoms with Crippen LogP contribution in [0.3, 0.4) is 0 Å². The Kier molecular flexibility index (Phi) is 4.97. The molecule has 0 spiro atoms. The highest BCUT2D eigenvalue weighted by atomic mass is 16.5. The van der Waals surface area contributed by atoms with Crippen molar-refractivity contribution in [3.8, 4) is 5.75 Å². The zero-order valence-electron chi connectivity index (χ0n) is 10.6. The van der Waals surface area contributed by atoms with E-state index in [1.807, 2.05) is 31.2 Å². The maximum atomic E-state index is 10.8. The lowest BCUT2D eigenvalue weighted by Crippen LogP contribution is -2.32. The number of amides is 1. The van der Waals surface area contributed by atoms with E-state index in [2.05, 4.69) is 12.2 Å². The Balaban J connectivity index is 2.56. The van der Waals surface area contributed by atoms with Gasteiger partial charge in [0.05, 0.1) is 7.11 Å². The van der Waals surface area contributed by atoms with Gasteiger partial charge in [0.15, 0.2) is 0 Å². The molecule has 1 aromatic carbocycles. The molecule has 1 rings (SSSR count). The van der Waals surface area contributed by atoms with Crippen molar-refractivity contribution in [2.24, 2.45) is 5.73 Å². The molecule has 0 radical (unpaired) electrons. The van der Waals surface area contributed by atoms with Gasteiger partial charge >= 0.3 is 0 Å². The van der Waals surface area contributed by atoms with Crippen LogP contribution in [0.4, 0.5) is 0 Å². The van der Waals surface area contributed by atoms with Crippen molar-refractivity contribution in [2.75, 3.05) is 7.11 Å². The fraction of sp³-hybridized carbons (Fsp3) is 0.462. The molecule has 1 amide bonds. The number of methoxy groups -OCH3 is 1. The lowest BCUT2D eigenvalue weighted by molar-refractivity contribution is -0.118. The van der Waals surface area contributed by atoms with Gasteiger partial charge < -0.3 is 15.8 Å². The Morgan fingerprint density at radius 3 is 2.41 bits per heavy atom. The smallest absolute Gasteiger partial charge is 0.218 e. The minimum Gasteiger partial charge on any atom is -0.497 e. The van der Waals surface area contributed by atoms with Crippen LogP contribution in [0.25, 0.3) is 0 Å². The van der Waals surface area contributed by atoms with Gasteiger partial charge in [-0.1, -0.05) is 12.1 Å². The minimum atomic E-state index is -0.285. The average Bonchev–Trinajstić information content (AvgIpc) is 2.28. The fourth-order valence-corrected chi connectivity index (χ4v) is 1.78. The first-order chi connectivity index (χ1) is 8.02. The number of hydrogen-bond donors (Lipinski definition) is 2. The molecule has 94 valence electrons. The summed E-state index contributed by atoms with van der Waals surface area (Å²) in [6.45, 7) is 4.00. The molecule has 0 heterocycles. The van der Waals surface area contributed by atoms with Gasteiger partial charge in [0.1, 0.15) is 5.75 Å². The molecule has 0 fully saturated rings. The van der Waals surface area contributed by atoms with Crippen LogP contribution in [-0.2, 0) is 4.79 Å². The van der Waals surface area contributed by atoms with E-state index in [4.69, 9.17) is 10.5 Å². The van der Waals surface area contributed by atoms with E-state index in [1.54, 1.807) is 7.11 Å². The van der Waals surface area contributed by atoms with Crippen molar-refractivity contribution in [3.63, 3.8) is 0 Å². The van der Waals surface area contributed by atoms with Crippen molar-refractivity contribution >= 4 is 5.91 Å². The molecular formula is C13H20N2O2. The molecule has 4 heteroatoms. The van der Waals surface area contributed by atoms with Gasteiger partial charge in [0, 0.05) is 18.5 Å². The first-order valence-electron chi connectivity index (χ1n) is 5.71.